The number of nitrogens with two attached hydrogens (primary N) is 1. The normalized spacial score (nSPS) is 25.8. The van der Waals surface area contributed by atoms with E-state index >= 15 is 0 Å². The van der Waals surface area contributed by atoms with Crippen molar-refractivity contribution in [2.24, 2.45) is 5.73 Å². The minimum atomic E-state index is -0.790. The van der Waals surface area contributed by atoms with Crippen LogP contribution in [0.1, 0.15) is 12.8 Å². The van der Waals surface area contributed by atoms with E-state index in [4.69, 9.17) is 10.8 Å². The van der Waals surface area contributed by atoms with E-state index in [1.54, 1.807) is 0 Å². The van der Waals surface area contributed by atoms with Crippen molar-refractivity contribution in [3.05, 3.63) is 0 Å². The second-order valence-electron chi connectivity index (χ2n) is 3.90. The molecule has 0 spiro atoms. The number of carbonyl (C=O) groups excluding carboxylic acids is 1. The molecule has 1 heterocycles. The summed E-state index contributed by atoms with van der Waals surface area (Å²) >= 11 is 0. The second-order valence-corrected chi connectivity index (χ2v) is 3.90. The van der Waals surface area contributed by atoms with Gasteiger partial charge in [-0.1, -0.05) is 0 Å². The van der Waals surface area contributed by atoms with Crippen molar-refractivity contribution in [1.29, 1.82) is 0 Å². The summed E-state index contributed by atoms with van der Waals surface area (Å²) in [4.78, 5) is 13.5. The maximum Gasteiger partial charge on any atom is 0.239 e. The quantitative estimate of drug-likeness (QED) is 0.520. The molecule has 4 N–H and O–H groups in total. The van der Waals surface area contributed by atoms with Gasteiger partial charge >= 0.3 is 0 Å². The summed E-state index contributed by atoms with van der Waals surface area (Å²) in [6.07, 6.45) is 2.09. The Bertz CT molecular complexity index is 198. The van der Waals surface area contributed by atoms with Gasteiger partial charge in [-0.15, -0.1) is 0 Å². The molecule has 0 saturated carbocycles. The SMILES string of the molecule is CN1CCCC(NC(=O)C(N)CO)C1. The Morgan fingerprint density at radius 3 is 3.07 bits per heavy atom. The van der Waals surface area contributed by atoms with E-state index in [-0.39, 0.29) is 18.6 Å². The predicted octanol–water partition coefficient (Wildman–Crippen LogP) is -1.48. The topological polar surface area (TPSA) is 78.6 Å². The number of likely N-dealkylation sites (N-methyl/N-ethyl adjacent to an activating group) is 1. The third-order valence-electron chi connectivity index (χ3n) is 2.50. The highest BCUT2D eigenvalue weighted by Crippen LogP contribution is 2.07. The third-order valence-corrected chi connectivity index (χ3v) is 2.50. The second kappa shape index (κ2) is 5.29. The third kappa shape index (κ3) is 3.25. The molecule has 0 aromatic heterocycles. The number of aliphatic hydroxyl groups excluding tert-OH is 1. The smallest absolute Gasteiger partial charge is 0.239 e. The Labute approximate surface area is 84.3 Å². The Balaban J connectivity index is 2.32. The van der Waals surface area contributed by atoms with Crippen molar-refractivity contribution >= 4 is 5.91 Å². The van der Waals surface area contributed by atoms with Crippen LogP contribution in [0.5, 0.6) is 0 Å². The van der Waals surface area contributed by atoms with Crippen LogP contribution in [0.25, 0.3) is 0 Å². The van der Waals surface area contributed by atoms with E-state index in [1.165, 1.54) is 0 Å². The van der Waals surface area contributed by atoms with Crippen LogP contribution in [0.15, 0.2) is 0 Å². The zero-order valence-electron chi connectivity index (χ0n) is 8.57. The molecule has 0 aromatic carbocycles. The number of nitrogens with zero attached hydrogens (tertiary/aromatic N) is 1. The number of rotatable bonds is 3. The maximum absolute atomic E-state index is 11.3. The van der Waals surface area contributed by atoms with Crippen LogP contribution in [0.3, 0.4) is 0 Å². The number of carbonyl (C=O) groups is 1. The predicted molar refractivity (Wildman–Crippen MR) is 53.7 cm³/mol. The average Bonchev–Trinajstić information content (AvgIpc) is 2.16. The van der Waals surface area contributed by atoms with Crippen LogP contribution >= 0.6 is 0 Å². The largest absolute Gasteiger partial charge is 0.394 e. The Morgan fingerprint density at radius 2 is 2.50 bits per heavy atom. The lowest BCUT2D eigenvalue weighted by Gasteiger charge is -2.30. The summed E-state index contributed by atoms with van der Waals surface area (Å²) in [6.45, 7) is 1.65. The Hall–Kier alpha value is -0.650. The number of hydrogen-bond donors (Lipinski definition) is 3. The molecule has 1 aliphatic rings. The molecule has 82 valence electrons. The zero-order valence-corrected chi connectivity index (χ0v) is 8.57. The first-order valence-electron chi connectivity index (χ1n) is 4.99. The van der Waals surface area contributed by atoms with Gasteiger partial charge in [-0.3, -0.25) is 4.79 Å². The van der Waals surface area contributed by atoms with Crippen molar-refractivity contribution in [2.45, 2.75) is 24.9 Å². The van der Waals surface area contributed by atoms with Crippen LogP contribution in [-0.4, -0.2) is 54.7 Å². The van der Waals surface area contributed by atoms with E-state index in [9.17, 15) is 4.79 Å². The fourth-order valence-electron chi connectivity index (χ4n) is 1.68. The lowest BCUT2D eigenvalue weighted by molar-refractivity contribution is -0.124. The minimum absolute atomic E-state index is 0.179. The summed E-state index contributed by atoms with van der Waals surface area (Å²) in [5.41, 5.74) is 5.39. The van der Waals surface area contributed by atoms with E-state index < -0.39 is 6.04 Å². The molecule has 2 unspecified atom stereocenters. The molecule has 0 aromatic rings. The lowest BCUT2D eigenvalue weighted by Crippen LogP contribution is -2.52. The monoisotopic (exact) mass is 201 g/mol. The van der Waals surface area contributed by atoms with Gasteiger partial charge in [-0.25, -0.2) is 0 Å². The van der Waals surface area contributed by atoms with Crippen LogP contribution in [0, 0.1) is 0 Å². The summed E-state index contributed by atoms with van der Waals surface area (Å²) in [5.74, 6) is -0.257. The van der Waals surface area contributed by atoms with E-state index in [0.717, 1.165) is 25.9 Å². The summed E-state index contributed by atoms with van der Waals surface area (Å²) in [5, 5.41) is 11.5. The van der Waals surface area contributed by atoms with Gasteiger partial charge < -0.3 is 21.1 Å². The highest BCUT2D eigenvalue weighted by Gasteiger charge is 2.21. The molecule has 1 aliphatic heterocycles. The van der Waals surface area contributed by atoms with Crippen molar-refractivity contribution < 1.29 is 9.90 Å². The van der Waals surface area contributed by atoms with Gasteiger partial charge in [0.15, 0.2) is 0 Å². The van der Waals surface area contributed by atoms with E-state index in [2.05, 4.69) is 10.2 Å². The summed E-state index contributed by atoms with van der Waals surface area (Å²) in [7, 11) is 2.03. The highest BCUT2D eigenvalue weighted by atomic mass is 16.3. The van der Waals surface area contributed by atoms with Gasteiger partial charge in [-0.05, 0) is 26.4 Å². The molecule has 0 radical (unpaired) electrons. The molecule has 2 atom stereocenters. The molecule has 1 amide bonds. The number of piperidine rings is 1. The molecular weight excluding hydrogens is 182 g/mol. The van der Waals surface area contributed by atoms with Crippen molar-refractivity contribution in [3.63, 3.8) is 0 Å². The molecule has 5 nitrogen and oxygen atoms in total. The summed E-state index contributed by atoms with van der Waals surface area (Å²) in [6, 6.07) is -0.610. The number of nitrogens with one attached hydrogen (secondary N) is 1. The van der Waals surface area contributed by atoms with E-state index in [1.807, 2.05) is 7.05 Å². The number of hydrogen-bond acceptors (Lipinski definition) is 4. The number of likely N-dealkylation sites (tertiary alicyclic amines) is 1. The zero-order chi connectivity index (χ0) is 10.6. The molecule has 0 aliphatic carbocycles. The van der Waals surface area contributed by atoms with Crippen LogP contribution in [0.2, 0.25) is 0 Å². The number of aliphatic hydroxyl groups is 1. The first kappa shape index (κ1) is 11.4. The van der Waals surface area contributed by atoms with Crippen molar-refractivity contribution in [3.8, 4) is 0 Å². The molecule has 0 bridgehead atoms. The van der Waals surface area contributed by atoms with Gasteiger partial charge in [0.2, 0.25) is 5.91 Å². The van der Waals surface area contributed by atoms with Crippen molar-refractivity contribution in [2.75, 3.05) is 26.7 Å². The Morgan fingerprint density at radius 1 is 1.79 bits per heavy atom. The van der Waals surface area contributed by atoms with E-state index in [0.29, 0.717) is 0 Å². The molecule has 5 heteroatoms. The lowest BCUT2D eigenvalue weighted by atomic mass is 10.1. The average molecular weight is 201 g/mol. The fourth-order valence-corrected chi connectivity index (χ4v) is 1.68. The molecular formula is C9H19N3O2. The molecule has 1 rings (SSSR count). The molecule has 1 fully saturated rings. The van der Waals surface area contributed by atoms with Gasteiger partial charge in [0.1, 0.15) is 6.04 Å². The first-order valence-corrected chi connectivity index (χ1v) is 4.99. The highest BCUT2D eigenvalue weighted by molar-refractivity contribution is 5.81. The Kier molecular flexibility index (Phi) is 4.31. The first-order chi connectivity index (χ1) is 6.63. The fraction of sp³-hybridized carbons (Fsp3) is 0.889. The van der Waals surface area contributed by atoms with Gasteiger partial charge in [0.25, 0.3) is 0 Å². The van der Waals surface area contributed by atoms with Gasteiger partial charge in [-0.2, -0.15) is 0 Å². The van der Waals surface area contributed by atoms with Crippen LogP contribution < -0.4 is 11.1 Å². The van der Waals surface area contributed by atoms with Crippen LogP contribution in [-0.2, 0) is 4.79 Å². The summed E-state index contributed by atoms with van der Waals surface area (Å²) < 4.78 is 0. The van der Waals surface area contributed by atoms with Gasteiger partial charge in [0, 0.05) is 12.6 Å². The molecule has 1 saturated heterocycles. The molecule has 14 heavy (non-hydrogen) atoms. The van der Waals surface area contributed by atoms with Crippen LogP contribution in [0.4, 0.5) is 0 Å². The minimum Gasteiger partial charge on any atom is -0.394 e. The standard InChI is InChI=1S/C9H19N3O2/c1-12-4-2-3-7(5-12)11-9(14)8(10)6-13/h7-8,13H,2-6,10H2,1H3,(H,11,14). The maximum atomic E-state index is 11.3. The van der Waals surface area contributed by atoms with Gasteiger partial charge in [0.05, 0.1) is 6.61 Å². The number of amides is 1. The van der Waals surface area contributed by atoms with Crippen molar-refractivity contribution in [1.82, 2.24) is 10.2 Å².